The maximum atomic E-state index is 12.2. The zero-order valence-corrected chi connectivity index (χ0v) is 10.2. The maximum absolute atomic E-state index is 12.2. The molecular weight excluding hydrogens is 239 g/mol. The second-order valence-corrected chi connectivity index (χ2v) is 3.70. The molecule has 0 aromatic rings. The standard InChI is InChI=1S/C10H20F3NO3/c1-16-6-3-4-14(5-7-17-2)8-9(15)10(11,12)13/h9,15H,3-8H2,1-2H3. The normalized spacial score (nSPS) is 14.3. The highest BCUT2D eigenvalue weighted by Gasteiger charge is 2.38. The van der Waals surface area contributed by atoms with Gasteiger partial charge in [0.15, 0.2) is 6.10 Å². The Labute approximate surface area is 99.3 Å². The number of ether oxygens (including phenoxy) is 2. The third kappa shape index (κ3) is 8.37. The third-order valence-electron chi connectivity index (χ3n) is 2.24. The van der Waals surface area contributed by atoms with E-state index in [-0.39, 0.29) is 0 Å². The first-order chi connectivity index (χ1) is 7.91. The van der Waals surface area contributed by atoms with Crippen LogP contribution in [0.4, 0.5) is 13.2 Å². The topological polar surface area (TPSA) is 41.9 Å². The number of rotatable bonds is 9. The number of methoxy groups -OCH3 is 2. The highest BCUT2D eigenvalue weighted by molar-refractivity contribution is 4.71. The summed E-state index contributed by atoms with van der Waals surface area (Å²) in [7, 11) is 3.01. The van der Waals surface area contributed by atoms with Crippen LogP contribution in [0.5, 0.6) is 0 Å². The lowest BCUT2D eigenvalue weighted by atomic mass is 10.3. The Morgan fingerprint density at radius 2 is 1.71 bits per heavy atom. The van der Waals surface area contributed by atoms with E-state index in [2.05, 4.69) is 0 Å². The van der Waals surface area contributed by atoms with Crippen LogP contribution in [0, 0.1) is 0 Å². The van der Waals surface area contributed by atoms with Crippen LogP contribution >= 0.6 is 0 Å². The summed E-state index contributed by atoms with van der Waals surface area (Å²) in [6, 6.07) is 0. The summed E-state index contributed by atoms with van der Waals surface area (Å²) in [6.07, 6.45) is -6.28. The fourth-order valence-corrected chi connectivity index (χ4v) is 1.30. The lowest BCUT2D eigenvalue weighted by molar-refractivity contribution is -0.208. The fourth-order valence-electron chi connectivity index (χ4n) is 1.30. The van der Waals surface area contributed by atoms with Gasteiger partial charge in [0.25, 0.3) is 0 Å². The molecule has 0 aromatic carbocycles. The number of aliphatic hydroxyl groups is 1. The summed E-state index contributed by atoms with van der Waals surface area (Å²) in [5, 5.41) is 8.97. The highest BCUT2D eigenvalue weighted by atomic mass is 19.4. The first kappa shape index (κ1) is 16.6. The summed E-state index contributed by atoms with van der Waals surface area (Å²) in [6.45, 7) is 1.16. The molecular formula is C10H20F3NO3. The van der Waals surface area contributed by atoms with Crippen LogP contribution < -0.4 is 0 Å². The third-order valence-corrected chi connectivity index (χ3v) is 2.24. The molecule has 0 bridgehead atoms. The molecule has 0 aliphatic carbocycles. The molecule has 1 N–H and O–H groups in total. The van der Waals surface area contributed by atoms with Crippen LogP contribution in [0.25, 0.3) is 0 Å². The number of hydrogen-bond acceptors (Lipinski definition) is 4. The van der Waals surface area contributed by atoms with Gasteiger partial charge in [-0.15, -0.1) is 0 Å². The molecule has 0 rings (SSSR count). The van der Waals surface area contributed by atoms with Crippen molar-refractivity contribution in [2.24, 2.45) is 0 Å². The predicted octanol–water partition coefficient (Wildman–Crippen LogP) is 0.894. The molecule has 4 nitrogen and oxygen atoms in total. The quantitative estimate of drug-likeness (QED) is 0.625. The van der Waals surface area contributed by atoms with Crippen molar-refractivity contribution in [1.82, 2.24) is 4.90 Å². The molecule has 0 fully saturated rings. The number of halogens is 3. The zero-order valence-electron chi connectivity index (χ0n) is 10.2. The monoisotopic (exact) mass is 259 g/mol. The van der Waals surface area contributed by atoms with Crippen molar-refractivity contribution >= 4 is 0 Å². The number of aliphatic hydroxyl groups excluding tert-OH is 1. The Morgan fingerprint density at radius 3 is 2.18 bits per heavy atom. The van der Waals surface area contributed by atoms with Gasteiger partial charge in [0.05, 0.1) is 6.61 Å². The molecule has 0 amide bonds. The maximum Gasteiger partial charge on any atom is 0.415 e. The Morgan fingerprint density at radius 1 is 1.12 bits per heavy atom. The summed E-state index contributed by atoms with van der Waals surface area (Å²) < 4.78 is 46.2. The van der Waals surface area contributed by atoms with E-state index in [1.165, 1.54) is 19.1 Å². The van der Waals surface area contributed by atoms with Crippen molar-refractivity contribution in [3.63, 3.8) is 0 Å². The Hall–Kier alpha value is -0.370. The van der Waals surface area contributed by atoms with E-state index in [9.17, 15) is 13.2 Å². The van der Waals surface area contributed by atoms with E-state index >= 15 is 0 Å². The molecule has 0 spiro atoms. The van der Waals surface area contributed by atoms with Gasteiger partial charge < -0.3 is 14.6 Å². The Bertz CT molecular complexity index is 190. The molecule has 0 aromatic heterocycles. The minimum Gasteiger partial charge on any atom is -0.385 e. The van der Waals surface area contributed by atoms with E-state index < -0.39 is 18.8 Å². The van der Waals surface area contributed by atoms with Crippen LogP contribution in [-0.2, 0) is 9.47 Å². The number of nitrogens with zero attached hydrogens (tertiary/aromatic N) is 1. The molecule has 0 aliphatic rings. The summed E-state index contributed by atoms with van der Waals surface area (Å²) in [5.74, 6) is 0. The molecule has 0 radical (unpaired) electrons. The van der Waals surface area contributed by atoms with Gasteiger partial charge in [0.1, 0.15) is 0 Å². The second kappa shape index (κ2) is 8.68. The first-order valence-corrected chi connectivity index (χ1v) is 5.36. The summed E-state index contributed by atoms with van der Waals surface area (Å²) >= 11 is 0. The smallest absolute Gasteiger partial charge is 0.385 e. The fraction of sp³-hybridized carbons (Fsp3) is 1.00. The summed E-state index contributed by atoms with van der Waals surface area (Å²) in [4.78, 5) is 1.51. The van der Waals surface area contributed by atoms with Gasteiger partial charge in [-0.25, -0.2) is 0 Å². The average Bonchev–Trinajstić information content (AvgIpc) is 2.24. The largest absolute Gasteiger partial charge is 0.415 e. The van der Waals surface area contributed by atoms with E-state index in [1.54, 1.807) is 0 Å². The lowest BCUT2D eigenvalue weighted by Crippen LogP contribution is -2.42. The molecule has 104 valence electrons. The number of alkyl halides is 3. The second-order valence-electron chi connectivity index (χ2n) is 3.70. The van der Waals surface area contributed by atoms with Gasteiger partial charge in [-0.3, -0.25) is 4.90 Å². The molecule has 1 atom stereocenters. The highest BCUT2D eigenvalue weighted by Crippen LogP contribution is 2.20. The molecule has 1 unspecified atom stereocenters. The van der Waals surface area contributed by atoms with Crippen molar-refractivity contribution in [2.45, 2.75) is 18.7 Å². The van der Waals surface area contributed by atoms with Crippen LogP contribution in [0.1, 0.15) is 6.42 Å². The van der Waals surface area contributed by atoms with Crippen molar-refractivity contribution < 1.29 is 27.8 Å². The van der Waals surface area contributed by atoms with Gasteiger partial charge in [0, 0.05) is 40.5 Å². The minimum absolute atomic E-state index is 0.331. The molecule has 0 heterocycles. The van der Waals surface area contributed by atoms with Crippen LogP contribution in [0.2, 0.25) is 0 Å². The predicted molar refractivity (Wildman–Crippen MR) is 56.9 cm³/mol. The van der Waals surface area contributed by atoms with E-state index in [1.807, 2.05) is 0 Å². The van der Waals surface area contributed by atoms with E-state index in [4.69, 9.17) is 14.6 Å². The number of hydrogen-bond donors (Lipinski definition) is 1. The van der Waals surface area contributed by atoms with Crippen LogP contribution in [0.15, 0.2) is 0 Å². The first-order valence-electron chi connectivity index (χ1n) is 5.36. The van der Waals surface area contributed by atoms with Crippen LogP contribution in [-0.4, -0.2) is 69.4 Å². The Kier molecular flexibility index (Phi) is 8.49. The van der Waals surface area contributed by atoms with Gasteiger partial charge in [-0.05, 0) is 6.42 Å². The molecule has 0 aliphatic heterocycles. The van der Waals surface area contributed by atoms with Gasteiger partial charge in [0.2, 0.25) is 0 Å². The minimum atomic E-state index is -4.58. The van der Waals surface area contributed by atoms with Gasteiger partial charge in [-0.2, -0.15) is 13.2 Å². The zero-order chi connectivity index (χ0) is 13.3. The molecule has 17 heavy (non-hydrogen) atoms. The Balaban J connectivity index is 4.07. The van der Waals surface area contributed by atoms with E-state index in [0.717, 1.165) is 0 Å². The molecule has 7 heteroatoms. The van der Waals surface area contributed by atoms with Crippen LogP contribution in [0.3, 0.4) is 0 Å². The van der Waals surface area contributed by atoms with Crippen molar-refractivity contribution in [2.75, 3.05) is 47.1 Å². The average molecular weight is 259 g/mol. The van der Waals surface area contributed by atoms with Crippen molar-refractivity contribution in [1.29, 1.82) is 0 Å². The molecule has 0 saturated carbocycles. The van der Waals surface area contributed by atoms with Gasteiger partial charge in [-0.1, -0.05) is 0 Å². The summed E-state index contributed by atoms with van der Waals surface area (Å²) in [5.41, 5.74) is 0. The SMILES string of the molecule is COCCCN(CCOC)CC(O)C(F)(F)F. The van der Waals surface area contributed by atoms with E-state index in [0.29, 0.717) is 32.7 Å². The lowest BCUT2D eigenvalue weighted by Gasteiger charge is -2.25. The van der Waals surface area contributed by atoms with Gasteiger partial charge >= 0.3 is 6.18 Å². The molecule has 0 saturated heterocycles. The van der Waals surface area contributed by atoms with Crippen molar-refractivity contribution in [3.8, 4) is 0 Å². The van der Waals surface area contributed by atoms with Crippen molar-refractivity contribution in [3.05, 3.63) is 0 Å².